The van der Waals surface area contributed by atoms with Crippen LogP contribution in [0.1, 0.15) is 25.3 Å². The molecule has 1 heterocycles. The summed E-state index contributed by atoms with van der Waals surface area (Å²) in [6.07, 6.45) is 0. The van der Waals surface area contributed by atoms with Gasteiger partial charge in [0.2, 0.25) is 0 Å². The van der Waals surface area contributed by atoms with Crippen LogP contribution in [0.4, 0.5) is 8.78 Å². The molecule has 0 aliphatic rings. The first-order valence-corrected chi connectivity index (χ1v) is 6.93. The molecule has 0 saturated carbocycles. The molecule has 2 rings (SSSR count). The van der Waals surface area contributed by atoms with Gasteiger partial charge in [-0.15, -0.1) is 0 Å². The fourth-order valence-corrected chi connectivity index (χ4v) is 2.69. The Balaban J connectivity index is 2.53. The summed E-state index contributed by atoms with van der Waals surface area (Å²) >= 11 is 12.2. The lowest BCUT2D eigenvalue weighted by molar-refractivity contribution is -0.0494. The van der Waals surface area contributed by atoms with Crippen molar-refractivity contribution in [3.8, 4) is 17.1 Å². The summed E-state index contributed by atoms with van der Waals surface area (Å²) in [5.74, 6) is 0.161. The summed E-state index contributed by atoms with van der Waals surface area (Å²) in [7, 11) is 0. The van der Waals surface area contributed by atoms with E-state index >= 15 is 0 Å². The summed E-state index contributed by atoms with van der Waals surface area (Å²) < 4.78 is 29.3. The van der Waals surface area contributed by atoms with Crippen LogP contribution in [-0.2, 0) is 0 Å². The van der Waals surface area contributed by atoms with Gasteiger partial charge in [0.1, 0.15) is 16.1 Å². The van der Waals surface area contributed by atoms with Gasteiger partial charge in [0.05, 0.1) is 5.56 Å². The number of nitrogens with zero attached hydrogens (tertiary/aromatic N) is 2. The molecule has 0 saturated heterocycles. The topological polar surface area (TPSA) is 35.0 Å². The van der Waals surface area contributed by atoms with E-state index in [-0.39, 0.29) is 27.8 Å². The highest BCUT2D eigenvalue weighted by molar-refractivity contribution is 6.34. The Morgan fingerprint density at radius 1 is 1.05 bits per heavy atom. The third-order valence-corrected chi connectivity index (χ3v) is 3.35. The van der Waals surface area contributed by atoms with E-state index in [9.17, 15) is 8.78 Å². The standard InChI is InChI=1S/C14H12Cl2F2N2O/c1-7(2)10-11(15)19-13(20-12(10)16)8-5-3-4-6-9(8)21-14(17)18/h3-7,14H,1-2H3. The molecule has 1 aromatic carbocycles. The average Bonchev–Trinajstić information content (AvgIpc) is 2.37. The molecule has 3 nitrogen and oxygen atoms in total. The quantitative estimate of drug-likeness (QED) is 0.724. The van der Waals surface area contributed by atoms with Gasteiger partial charge in [-0.2, -0.15) is 8.78 Å². The molecule has 112 valence electrons. The Morgan fingerprint density at radius 2 is 1.62 bits per heavy atom. The number of hydrogen-bond donors (Lipinski definition) is 0. The van der Waals surface area contributed by atoms with Crippen molar-refractivity contribution >= 4 is 23.2 Å². The van der Waals surface area contributed by atoms with Crippen molar-refractivity contribution in [1.29, 1.82) is 0 Å². The number of alkyl halides is 2. The van der Waals surface area contributed by atoms with Crippen molar-refractivity contribution < 1.29 is 13.5 Å². The zero-order valence-corrected chi connectivity index (χ0v) is 12.8. The maximum Gasteiger partial charge on any atom is 0.387 e. The van der Waals surface area contributed by atoms with Gasteiger partial charge < -0.3 is 4.74 Å². The molecule has 2 aromatic rings. The highest BCUT2D eigenvalue weighted by atomic mass is 35.5. The Hall–Kier alpha value is -1.46. The van der Waals surface area contributed by atoms with Crippen LogP contribution in [0.3, 0.4) is 0 Å². The number of ether oxygens (including phenoxy) is 1. The predicted octanol–water partition coefficient (Wildman–Crippen LogP) is 5.18. The molecule has 0 bridgehead atoms. The monoisotopic (exact) mass is 332 g/mol. The van der Waals surface area contributed by atoms with Gasteiger partial charge >= 0.3 is 6.61 Å². The smallest absolute Gasteiger partial charge is 0.387 e. The van der Waals surface area contributed by atoms with Crippen molar-refractivity contribution in [3.63, 3.8) is 0 Å². The zero-order chi connectivity index (χ0) is 15.6. The van der Waals surface area contributed by atoms with Crippen molar-refractivity contribution in [2.24, 2.45) is 0 Å². The second-order valence-corrected chi connectivity index (χ2v) is 5.29. The second-order valence-electron chi connectivity index (χ2n) is 4.57. The van der Waals surface area contributed by atoms with E-state index in [1.807, 2.05) is 13.8 Å². The van der Waals surface area contributed by atoms with Gasteiger partial charge in [-0.1, -0.05) is 49.2 Å². The molecule has 7 heteroatoms. The number of hydrogen-bond acceptors (Lipinski definition) is 3. The first-order valence-electron chi connectivity index (χ1n) is 6.17. The normalized spacial score (nSPS) is 11.2. The minimum Gasteiger partial charge on any atom is -0.434 e. The van der Waals surface area contributed by atoms with Crippen LogP contribution in [0.2, 0.25) is 10.3 Å². The molecule has 0 spiro atoms. The van der Waals surface area contributed by atoms with Gasteiger partial charge in [-0.3, -0.25) is 0 Å². The van der Waals surface area contributed by atoms with Crippen molar-refractivity contribution in [1.82, 2.24) is 9.97 Å². The lowest BCUT2D eigenvalue weighted by atomic mass is 10.1. The number of para-hydroxylation sites is 1. The zero-order valence-electron chi connectivity index (χ0n) is 11.3. The first-order chi connectivity index (χ1) is 9.90. The Labute approximate surface area is 130 Å². The maximum atomic E-state index is 12.4. The predicted molar refractivity (Wildman–Crippen MR) is 78.2 cm³/mol. The molecule has 0 unspecified atom stereocenters. The van der Waals surface area contributed by atoms with Gasteiger partial charge in [-0.25, -0.2) is 9.97 Å². The molecule has 0 atom stereocenters. The summed E-state index contributed by atoms with van der Waals surface area (Å²) in [6.45, 7) is 0.876. The van der Waals surface area contributed by atoms with Gasteiger partial charge in [0.15, 0.2) is 5.82 Å². The maximum absolute atomic E-state index is 12.4. The molecule has 0 amide bonds. The van der Waals surface area contributed by atoms with Crippen LogP contribution in [0.15, 0.2) is 24.3 Å². The molecular weight excluding hydrogens is 321 g/mol. The van der Waals surface area contributed by atoms with E-state index in [0.29, 0.717) is 11.1 Å². The Morgan fingerprint density at radius 3 is 2.14 bits per heavy atom. The van der Waals surface area contributed by atoms with E-state index < -0.39 is 6.61 Å². The van der Waals surface area contributed by atoms with Crippen LogP contribution in [0.25, 0.3) is 11.4 Å². The molecule has 21 heavy (non-hydrogen) atoms. The van der Waals surface area contributed by atoms with Crippen molar-refractivity contribution in [2.45, 2.75) is 26.4 Å². The largest absolute Gasteiger partial charge is 0.434 e. The van der Waals surface area contributed by atoms with Crippen LogP contribution in [0.5, 0.6) is 5.75 Å². The SMILES string of the molecule is CC(C)c1c(Cl)nc(-c2ccccc2OC(F)F)nc1Cl. The fourth-order valence-electron chi connectivity index (χ4n) is 1.86. The minimum absolute atomic E-state index is 0.0306. The molecule has 0 radical (unpaired) electrons. The first kappa shape index (κ1) is 15.9. The van der Waals surface area contributed by atoms with Crippen LogP contribution < -0.4 is 4.74 Å². The highest BCUT2D eigenvalue weighted by Gasteiger charge is 2.18. The third-order valence-electron chi connectivity index (χ3n) is 2.77. The molecule has 1 aromatic heterocycles. The molecule has 0 fully saturated rings. The van der Waals surface area contributed by atoms with Gasteiger partial charge in [0.25, 0.3) is 0 Å². The van der Waals surface area contributed by atoms with Crippen LogP contribution in [-0.4, -0.2) is 16.6 Å². The van der Waals surface area contributed by atoms with Crippen molar-refractivity contribution in [3.05, 3.63) is 40.1 Å². The minimum atomic E-state index is -2.94. The summed E-state index contributed by atoms with van der Waals surface area (Å²) in [6, 6.07) is 6.21. The number of aromatic nitrogens is 2. The molecular formula is C14H12Cl2F2N2O. The molecule has 0 aliphatic heterocycles. The highest BCUT2D eigenvalue weighted by Crippen LogP contribution is 2.34. The molecule has 0 aliphatic carbocycles. The van der Waals surface area contributed by atoms with E-state index in [1.165, 1.54) is 6.07 Å². The summed E-state index contributed by atoms with van der Waals surface area (Å²) in [4.78, 5) is 8.28. The fraction of sp³-hybridized carbons (Fsp3) is 0.286. The second kappa shape index (κ2) is 6.54. The number of halogens is 4. The number of rotatable bonds is 4. The Kier molecular flexibility index (Phi) is 4.96. The van der Waals surface area contributed by atoms with E-state index in [4.69, 9.17) is 23.2 Å². The summed E-state index contributed by atoms with van der Waals surface area (Å²) in [5.41, 5.74) is 0.922. The van der Waals surface area contributed by atoms with Crippen LogP contribution in [0, 0.1) is 0 Å². The molecule has 0 N–H and O–H groups in total. The lowest BCUT2D eigenvalue weighted by Gasteiger charge is -2.13. The van der Waals surface area contributed by atoms with E-state index in [1.54, 1.807) is 18.2 Å². The lowest BCUT2D eigenvalue weighted by Crippen LogP contribution is -2.05. The van der Waals surface area contributed by atoms with E-state index in [2.05, 4.69) is 14.7 Å². The summed E-state index contributed by atoms with van der Waals surface area (Å²) in [5, 5.41) is 0.402. The number of benzene rings is 1. The van der Waals surface area contributed by atoms with Crippen LogP contribution >= 0.6 is 23.2 Å². The third kappa shape index (κ3) is 3.60. The Bertz CT molecular complexity index is 628. The van der Waals surface area contributed by atoms with E-state index in [0.717, 1.165) is 0 Å². The average molecular weight is 333 g/mol. The van der Waals surface area contributed by atoms with Gasteiger partial charge in [0, 0.05) is 5.56 Å². The van der Waals surface area contributed by atoms with Gasteiger partial charge in [-0.05, 0) is 18.1 Å². The van der Waals surface area contributed by atoms with Crippen molar-refractivity contribution in [2.75, 3.05) is 0 Å².